The van der Waals surface area contributed by atoms with E-state index in [2.05, 4.69) is 47.0 Å². The normalized spacial score (nSPS) is 24.4. The standard InChI is InChI=1S/C50H66FN11O6/c1-30(2)46(50(66)61-29-37(63)25-42(61)49(53)65)44-26-45(57-68-44)60-18-10-32(11-19-60)28-58-16-14-38(15-17-58)67-39-23-36(24-39)59-20-12-33(13-21-59)31(3)62-47(51)35(27-54-62)9-8-34-22-41(55-56-48(34)52)40-6-4-5-7-43(40)64/h4-7,22,26-27,30-33,36-39,42,46,63-64H,10-21,23-25,28-29H2,1-3H3,(H2,52,56)(H2,53,65)/t31?,36-,37-,39-,42+,46-/m1/s1. The van der Waals surface area contributed by atoms with Crippen LogP contribution < -0.4 is 16.4 Å². The Morgan fingerprint density at radius 3 is 2.35 bits per heavy atom. The summed E-state index contributed by atoms with van der Waals surface area (Å²) in [4.78, 5) is 34.5. The SMILES string of the molecule is CC(C)[C@@H](C(=O)N1C[C@H](O)C[C@H]1C(N)=O)c1cc(N2CCC(CN3CCC(O[C@H]4C[C@H](N5CCC(C(C)n6ncc(C#Cc7cc(-c8ccccc8O)nnc7N)c6F)CC5)C4)CC3)CC2)no1. The smallest absolute Gasteiger partial charge is 0.240 e. The van der Waals surface area contributed by atoms with Crippen LogP contribution in [0.25, 0.3) is 11.3 Å². The predicted octanol–water partition coefficient (Wildman–Crippen LogP) is 4.54. The minimum absolute atomic E-state index is 0.0655. The van der Waals surface area contributed by atoms with E-state index in [9.17, 15) is 19.8 Å². The number of aliphatic hydroxyl groups is 1. The minimum atomic E-state index is -0.823. The number of para-hydroxylation sites is 1. The summed E-state index contributed by atoms with van der Waals surface area (Å²) >= 11 is 0. The van der Waals surface area contributed by atoms with Crippen LogP contribution in [0.5, 0.6) is 5.75 Å². The summed E-state index contributed by atoms with van der Waals surface area (Å²) in [6, 6.07) is 9.91. The van der Waals surface area contributed by atoms with E-state index in [1.807, 2.05) is 26.8 Å². The van der Waals surface area contributed by atoms with E-state index in [0.717, 1.165) is 103 Å². The van der Waals surface area contributed by atoms with Crippen LogP contribution in [0.3, 0.4) is 0 Å². The number of phenols is 1. The van der Waals surface area contributed by atoms with Crippen molar-refractivity contribution in [2.45, 2.75) is 121 Å². The van der Waals surface area contributed by atoms with Crippen molar-refractivity contribution in [3.8, 4) is 28.8 Å². The maximum atomic E-state index is 15.7. The van der Waals surface area contributed by atoms with Gasteiger partial charge in [-0.3, -0.25) is 9.59 Å². The molecule has 18 heteroatoms. The number of benzene rings is 1. The fourth-order valence-corrected chi connectivity index (χ4v) is 11.1. The summed E-state index contributed by atoms with van der Waals surface area (Å²) in [5.74, 6) is 6.04. The maximum Gasteiger partial charge on any atom is 0.240 e. The molecule has 4 aliphatic heterocycles. The molecule has 17 nitrogen and oxygen atoms in total. The fourth-order valence-electron chi connectivity index (χ4n) is 11.1. The molecule has 4 aromatic rings. The van der Waals surface area contributed by atoms with Gasteiger partial charge in [0.1, 0.15) is 17.7 Å². The maximum absolute atomic E-state index is 15.7. The van der Waals surface area contributed by atoms with Crippen molar-refractivity contribution in [1.29, 1.82) is 0 Å². The van der Waals surface area contributed by atoms with E-state index in [-0.39, 0.29) is 48.0 Å². The van der Waals surface area contributed by atoms with Gasteiger partial charge in [-0.25, -0.2) is 4.68 Å². The number of β-amino-alcohol motifs (C(OH)–C–C–N with tert-alkyl or cyclic N) is 1. The van der Waals surface area contributed by atoms with Gasteiger partial charge >= 0.3 is 0 Å². The Labute approximate surface area is 397 Å². The van der Waals surface area contributed by atoms with Crippen molar-refractivity contribution in [3.63, 3.8) is 0 Å². The molecule has 0 radical (unpaired) electrons. The Kier molecular flexibility index (Phi) is 14.3. The van der Waals surface area contributed by atoms with E-state index in [0.29, 0.717) is 52.7 Å². The number of primary amides is 1. The molecule has 7 heterocycles. The number of nitrogens with two attached hydrogens (primary N) is 2. The van der Waals surface area contributed by atoms with Gasteiger partial charge in [0.15, 0.2) is 17.4 Å². The number of aliphatic hydroxyl groups excluding tert-OH is 1. The van der Waals surface area contributed by atoms with Crippen molar-refractivity contribution in [3.05, 3.63) is 65.4 Å². The number of aromatic hydroxyl groups is 1. The first kappa shape index (κ1) is 47.5. The quantitative estimate of drug-likeness (QED) is 0.135. The van der Waals surface area contributed by atoms with Crippen LogP contribution >= 0.6 is 0 Å². The molecule has 6 N–H and O–H groups in total. The zero-order chi connectivity index (χ0) is 47.6. The Hall–Kier alpha value is -5.61. The van der Waals surface area contributed by atoms with Gasteiger partial charge < -0.3 is 50.5 Å². The van der Waals surface area contributed by atoms with Gasteiger partial charge in [-0.2, -0.15) is 9.49 Å². The molecule has 4 atom stereocenters. The molecule has 0 bridgehead atoms. The number of rotatable bonds is 13. The van der Waals surface area contributed by atoms with E-state index in [4.69, 9.17) is 20.7 Å². The van der Waals surface area contributed by atoms with Crippen LogP contribution in [0.15, 0.2) is 47.1 Å². The van der Waals surface area contributed by atoms with Crippen molar-refractivity contribution >= 4 is 23.5 Å². The summed E-state index contributed by atoms with van der Waals surface area (Å²) in [6.45, 7) is 12.9. The highest BCUT2D eigenvalue weighted by molar-refractivity contribution is 5.90. The number of nitrogen functional groups attached to an aromatic ring is 1. The molecule has 5 aliphatic rings. The lowest BCUT2D eigenvalue weighted by molar-refractivity contribution is -0.139. The number of amides is 2. The molecule has 364 valence electrons. The lowest BCUT2D eigenvalue weighted by atomic mass is 9.83. The highest BCUT2D eigenvalue weighted by atomic mass is 19.1. The molecule has 1 unspecified atom stereocenters. The zero-order valence-electron chi connectivity index (χ0n) is 39.4. The number of likely N-dealkylation sites (tertiary alicyclic amines) is 3. The Morgan fingerprint density at radius 2 is 1.65 bits per heavy atom. The molecule has 3 aromatic heterocycles. The molecule has 5 fully saturated rings. The number of hydrogen-bond donors (Lipinski definition) is 4. The number of halogens is 1. The first-order chi connectivity index (χ1) is 32.8. The third-order valence-corrected chi connectivity index (χ3v) is 15.3. The summed E-state index contributed by atoms with van der Waals surface area (Å²) < 4.78 is 29.6. The first-order valence-corrected chi connectivity index (χ1v) is 24.6. The van der Waals surface area contributed by atoms with Crippen molar-refractivity contribution in [1.82, 2.24) is 39.8 Å². The lowest BCUT2D eigenvalue weighted by Gasteiger charge is -2.47. The monoisotopic (exact) mass is 936 g/mol. The van der Waals surface area contributed by atoms with Gasteiger partial charge in [-0.15, -0.1) is 10.2 Å². The third kappa shape index (κ3) is 10.4. The number of phenolic OH excluding ortho intramolecular Hbond substituents is 1. The number of carbonyl (C=O) groups excluding carboxylic acids is 2. The number of aromatic nitrogens is 5. The second-order valence-electron chi connectivity index (χ2n) is 20.1. The number of piperidine rings is 3. The van der Waals surface area contributed by atoms with Gasteiger partial charge in [0, 0.05) is 63.4 Å². The molecule has 1 aliphatic carbocycles. The van der Waals surface area contributed by atoms with Gasteiger partial charge in [-0.05, 0) is 107 Å². The van der Waals surface area contributed by atoms with Gasteiger partial charge in [0.2, 0.25) is 17.8 Å². The second kappa shape index (κ2) is 20.5. The van der Waals surface area contributed by atoms with E-state index in [1.165, 1.54) is 15.8 Å². The van der Waals surface area contributed by atoms with Crippen LogP contribution in [-0.2, 0) is 14.3 Å². The molecular formula is C50H66FN11O6. The first-order valence-electron chi connectivity index (χ1n) is 24.6. The van der Waals surface area contributed by atoms with Crippen LogP contribution in [0.2, 0.25) is 0 Å². The lowest BCUT2D eigenvalue weighted by Crippen LogP contribution is -2.52. The topological polar surface area (TPSA) is 218 Å². The number of ether oxygens (including phenoxy) is 1. The summed E-state index contributed by atoms with van der Waals surface area (Å²) in [5, 5.41) is 37.3. The Morgan fingerprint density at radius 1 is 0.926 bits per heavy atom. The van der Waals surface area contributed by atoms with Crippen molar-refractivity contribution < 1.29 is 33.5 Å². The molecule has 4 saturated heterocycles. The predicted molar refractivity (Wildman–Crippen MR) is 252 cm³/mol. The van der Waals surface area contributed by atoms with E-state index in [1.54, 1.807) is 30.3 Å². The van der Waals surface area contributed by atoms with Crippen molar-refractivity contribution in [2.24, 2.45) is 23.5 Å². The second-order valence-corrected chi connectivity index (χ2v) is 20.1. The van der Waals surface area contributed by atoms with Crippen LogP contribution in [0.4, 0.5) is 16.0 Å². The molecule has 0 spiro atoms. The largest absolute Gasteiger partial charge is 0.507 e. The van der Waals surface area contributed by atoms with E-state index < -0.39 is 29.9 Å². The summed E-state index contributed by atoms with van der Waals surface area (Å²) in [5.41, 5.74) is 13.1. The van der Waals surface area contributed by atoms with Crippen LogP contribution in [0, 0.1) is 35.5 Å². The average Bonchev–Trinajstić information content (AvgIpc) is 4.07. The van der Waals surface area contributed by atoms with Gasteiger partial charge in [0.25, 0.3) is 0 Å². The van der Waals surface area contributed by atoms with Crippen molar-refractivity contribution in [2.75, 3.05) is 63.0 Å². The zero-order valence-corrected chi connectivity index (χ0v) is 39.4. The number of carbonyl (C=O) groups is 2. The third-order valence-electron chi connectivity index (χ3n) is 15.3. The van der Waals surface area contributed by atoms with Crippen LogP contribution in [0.1, 0.15) is 107 Å². The highest BCUT2D eigenvalue weighted by Crippen LogP contribution is 2.38. The fraction of sp³-hybridized carbons (Fsp3) is 0.600. The molecule has 2 amide bonds. The van der Waals surface area contributed by atoms with Crippen LogP contribution in [-0.4, -0.2) is 145 Å². The minimum Gasteiger partial charge on any atom is -0.507 e. The Balaban J connectivity index is 0.669. The molecule has 1 aromatic carbocycles. The number of anilines is 2. The Bertz CT molecular complexity index is 2460. The molecular weight excluding hydrogens is 870 g/mol. The average molecular weight is 936 g/mol. The molecule has 1 saturated carbocycles. The highest BCUT2D eigenvalue weighted by Gasteiger charge is 2.43. The number of hydrogen-bond acceptors (Lipinski definition) is 14. The van der Waals surface area contributed by atoms with Gasteiger partial charge in [0.05, 0.1) is 47.4 Å². The molecule has 68 heavy (non-hydrogen) atoms. The van der Waals surface area contributed by atoms with Gasteiger partial charge in [-0.1, -0.05) is 43.0 Å². The number of nitrogens with zero attached hydrogens (tertiary/aromatic N) is 9. The molecule has 9 rings (SSSR count). The summed E-state index contributed by atoms with van der Waals surface area (Å²) in [7, 11) is 0. The van der Waals surface area contributed by atoms with E-state index >= 15 is 4.39 Å². The summed E-state index contributed by atoms with van der Waals surface area (Å²) in [6.07, 6.45) is 9.79.